The largest absolute Gasteiger partial charge is 0.472 e. The number of rotatable bonds is 8. The van der Waals surface area contributed by atoms with Gasteiger partial charge in [0.1, 0.15) is 29.6 Å². The fraction of sp³-hybridized carbons (Fsp3) is 0.519. The average Bonchev–Trinajstić information content (AvgIpc) is 3.80. The molecule has 2 aromatic rings. The summed E-state index contributed by atoms with van der Waals surface area (Å²) in [5, 5.41) is 2.82. The zero-order valence-electron chi connectivity index (χ0n) is 22.6. The number of para-hydroxylation sites is 1. The Bertz CT molecular complexity index is 1460. The average molecular weight is 572 g/mol. The molecular weight excluding hydrogens is 538 g/mol. The van der Waals surface area contributed by atoms with Crippen LogP contribution < -0.4 is 14.8 Å². The highest BCUT2D eigenvalue weighted by atomic mass is 32.2. The van der Waals surface area contributed by atoms with Gasteiger partial charge in [0.05, 0.1) is 22.7 Å². The number of amides is 3. The maximum atomic E-state index is 13.7. The lowest BCUT2D eigenvalue weighted by molar-refractivity contribution is -0.131. The molecule has 13 heteroatoms. The number of nitrogens with zero attached hydrogens (tertiary/aromatic N) is 3. The quantitative estimate of drug-likeness (QED) is 0.453. The first-order valence-electron chi connectivity index (χ1n) is 13.2. The fourth-order valence-corrected chi connectivity index (χ4v) is 6.27. The normalized spacial score (nSPS) is 26.2. The van der Waals surface area contributed by atoms with Crippen molar-refractivity contribution in [2.75, 3.05) is 6.54 Å². The molecule has 5 rings (SSSR count). The van der Waals surface area contributed by atoms with E-state index in [1.807, 2.05) is 24.3 Å². The Morgan fingerprint density at radius 2 is 1.90 bits per heavy atom. The summed E-state index contributed by atoms with van der Waals surface area (Å²) in [6, 6.07) is 6.27. The molecule has 0 bridgehead atoms. The number of hydrogen-bond donors (Lipinski definition) is 2. The van der Waals surface area contributed by atoms with E-state index in [1.165, 1.54) is 17.3 Å². The van der Waals surface area contributed by atoms with Crippen LogP contribution in [0.2, 0.25) is 0 Å². The molecule has 2 N–H and O–H groups in total. The van der Waals surface area contributed by atoms with E-state index in [4.69, 9.17) is 9.47 Å². The van der Waals surface area contributed by atoms with Gasteiger partial charge in [-0.2, -0.15) is 0 Å². The van der Waals surface area contributed by atoms with Gasteiger partial charge in [0.25, 0.3) is 5.91 Å². The molecule has 0 spiro atoms. The summed E-state index contributed by atoms with van der Waals surface area (Å²) in [6.07, 6.45) is 2.83. The van der Waals surface area contributed by atoms with E-state index >= 15 is 0 Å². The number of fused-ring (bicyclic) bond motifs is 1. The standard InChI is InChI=1S/C27H33N5O7S/c1-5-16-13-27(16,24(34)31-40(36,37)18-10-11-18)30-22(33)21-12-17(14-32(21)25(35)39-26(2,3)4)38-23-19-8-6-7-9-20(19)28-15-29-23/h5-9,15-18,21H,1,10-14H2,2-4H3,(H,30,33)(H,31,34)/t16-,17-,21?,27-/m1/s1. The first-order valence-corrected chi connectivity index (χ1v) is 14.7. The maximum absolute atomic E-state index is 13.7. The van der Waals surface area contributed by atoms with Gasteiger partial charge in [-0.25, -0.2) is 23.2 Å². The summed E-state index contributed by atoms with van der Waals surface area (Å²) < 4.78 is 38.7. The molecule has 2 saturated carbocycles. The molecule has 2 aliphatic carbocycles. The van der Waals surface area contributed by atoms with Crippen LogP contribution in [0.15, 0.2) is 43.2 Å². The number of carbonyl (C=O) groups is 3. The summed E-state index contributed by atoms with van der Waals surface area (Å²) in [5.41, 5.74) is -1.60. The van der Waals surface area contributed by atoms with Crippen molar-refractivity contribution in [2.24, 2.45) is 5.92 Å². The molecule has 1 unspecified atom stereocenters. The molecule has 1 aliphatic heterocycles. The maximum Gasteiger partial charge on any atom is 0.411 e. The predicted molar refractivity (Wildman–Crippen MR) is 145 cm³/mol. The number of nitrogens with one attached hydrogen (secondary N) is 2. The molecule has 214 valence electrons. The van der Waals surface area contributed by atoms with Crippen molar-refractivity contribution < 1.29 is 32.3 Å². The van der Waals surface area contributed by atoms with E-state index in [0.717, 1.165) is 0 Å². The zero-order valence-corrected chi connectivity index (χ0v) is 23.4. The second kappa shape index (κ2) is 10.0. The zero-order chi connectivity index (χ0) is 28.9. The number of likely N-dealkylation sites (tertiary alicyclic amines) is 1. The fourth-order valence-electron chi connectivity index (χ4n) is 4.90. The van der Waals surface area contributed by atoms with Gasteiger partial charge in [0, 0.05) is 12.3 Å². The minimum absolute atomic E-state index is 0.0332. The number of carbonyl (C=O) groups excluding carboxylic acids is 3. The highest BCUT2D eigenvalue weighted by Gasteiger charge is 2.62. The molecule has 2 heterocycles. The van der Waals surface area contributed by atoms with Gasteiger partial charge in [-0.15, -0.1) is 6.58 Å². The lowest BCUT2D eigenvalue weighted by Gasteiger charge is -2.29. The molecule has 3 aliphatic rings. The Labute approximate surface area is 232 Å². The summed E-state index contributed by atoms with van der Waals surface area (Å²) in [7, 11) is -3.82. The number of hydrogen-bond acceptors (Lipinski definition) is 9. The molecule has 1 aromatic carbocycles. The van der Waals surface area contributed by atoms with Crippen LogP contribution in [0.3, 0.4) is 0 Å². The molecular formula is C27H33N5O7S. The van der Waals surface area contributed by atoms with Crippen molar-refractivity contribution in [1.82, 2.24) is 24.9 Å². The molecule has 12 nitrogen and oxygen atoms in total. The highest BCUT2D eigenvalue weighted by Crippen LogP contribution is 2.45. The van der Waals surface area contributed by atoms with Crippen molar-refractivity contribution in [2.45, 2.75) is 75.0 Å². The molecule has 3 fully saturated rings. The second-order valence-corrected chi connectivity index (χ2v) is 13.5. The second-order valence-electron chi connectivity index (χ2n) is 11.5. The number of aromatic nitrogens is 2. The SMILES string of the molecule is C=C[C@@H]1C[C@]1(NC(=O)C1C[C@@H](Oc2ncnc3ccccc23)CN1C(=O)OC(C)(C)C)C(=O)NS(=O)(=O)C1CC1. The summed E-state index contributed by atoms with van der Waals surface area (Å²) >= 11 is 0. The molecule has 40 heavy (non-hydrogen) atoms. The van der Waals surface area contributed by atoms with Crippen molar-refractivity contribution in [3.8, 4) is 5.88 Å². The third-order valence-electron chi connectivity index (χ3n) is 7.23. The lowest BCUT2D eigenvalue weighted by atomic mass is 10.1. The molecule has 0 radical (unpaired) electrons. The topological polar surface area (TPSA) is 157 Å². The van der Waals surface area contributed by atoms with Crippen molar-refractivity contribution in [3.63, 3.8) is 0 Å². The molecule has 4 atom stereocenters. The van der Waals surface area contributed by atoms with Crippen molar-refractivity contribution >= 4 is 38.8 Å². The summed E-state index contributed by atoms with van der Waals surface area (Å²) in [6.45, 7) is 8.91. The van der Waals surface area contributed by atoms with Crippen LogP contribution in [-0.2, 0) is 24.3 Å². The number of sulfonamides is 1. The third kappa shape index (κ3) is 5.60. The van der Waals surface area contributed by atoms with Crippen LogP contribution in [0, 0.1) is 5.92 Å². The van der Waals surface area contributed by atoms with Gasteiger partial charge in [-0.3, -0.25) is 19.2 Å². The first-order chi connectivity index (χ1) is 18.8. The molecule has 1 saturated heterocycles. The Morgan fingerprint density at radius 3 is 2.55 bits per heavy atom. The smallest absolute Gasteiger partial charge is 0.411 e. The van der Waals surface area contributed by atoms with Gasteiger partial charge >= 0.3 is 6.09 Å². The van der Waals surface area contributed by atoms with Crippen LogP contribution in [0.5, 0.6) is 5.88 Å². The van der Waals surface area contributed by atoms with Gasteiger partial charge in [-0.1, -0.05) is 18.2 Å². The van der Waals surface area contributed by atoms with Crippen LogP contribution in [-0.4, -0.2) is 76.3 Å². The third-order valence-corrected chi connectivity index (χ3v) is 9.05. The van der Waals surface area contributed by atoms with Crippen molar-refractivity contribution in [1.29, 1.82) is 0 Å². The van der Waals surface area contributed by atoms with Crippen LogP contribution >= 0.6 is 0 Å². The van der Waals surface area contributed by atoms with Crippen LogP contribution in [0.4, 0.5) is 4.79 Å². The Kier molecular flexibility index (Phi) is 6.97. The molecule has 3 amide bonds. The summed E-state index contributed by atoms with van der Waals surface area (Å²) in [4.78, 5) is 49.7. The minimum atomic E-state index is -3.82. The number of benzene rings is 1. The van der Waals surface area contributed by atoms with E-state index in [2.05, 4.69) is 26.6 Å². The van der Waals surface area contributed by atoms with Crippen molar-refractivity contribution in [3.05, 3.63) is 43.2 Å². The van der Waals surface area contributed by atoms with Crippen LogP contribution in [0.25, 0.3) is 10.9 Å². The van der Waals surface area contributed by atoms with E-state index < -0.39 is 62.4 Å². The van der Waals surface area contributed by atoms with E-state index in [0.29, 0.717) is 29.6 Å². The van der Waals surface area contributed by atoms with Crippen LogP contribution in [0.1, 0.15) is 46.5 Å². The monoisotopic (exact) mass is 571 g/mol. The summed E-state index contributed by atoms with van der Waals surface area (Å²) in [5.74, 6) is -1.56. The highest BCUT2D eigenvalue weighted by molar-refractivity contribution is 7.91. The Balaban J connectivity index is 1.37. The van der Waals surface area contributed by atoms with E-state index in [-0.39, 0.29) is 19.4 Å². The molecule has 1 aromatic heterocycles. The Morgan fingerprint density at radius 1 is 1.18 bits per heavy atom. The van der Waals surface area contributed by atoms with Gasteiger partial charge in [-0.05, 0) is 52.2 Å². The lowest BCUT2D eigenvalue weighted by Crippen LogP contribution is -2.56. The van der Waals surface area contributed by atoms with Gasteiger partial charge in [0.2, 0.25) is 21.8 Å². The predicted octanol–water partition coefficient (Wildman–Crippen LogP) is 2.06. The van der Waals surface area contributed by atoms with E-state index in [9.17, 15) is 22.8 Å². The first kappa shape index (κ1) is 27.8. The van der Waals surface area contributed by atoms with E-state index in [1.54, 1.807) is 20.8 Å². The van der Waals surface area contributed by atoms with Gasteiger partial charge in [0.15, 0.2) is 0 Å². The minimum Gasteiger partial charge on any atom is -0.472 e. The number of ether oxygens (including phenoxy) is 2. The Hall–Kier alpha value is -3.74. The van der Waals surface area contributed by atoms with Gasteiger partial charge < -0.3 is 14.8 Å².